The first-order valence-corrected chi connectivity index (χ1v) is 7.02. The van der Waals surface area contributed by atoms with E-state index in [1.54, 1.807) is 0 Å². The molecule has 2 nitrogen and oxygen atoms in total. The topological polar surface area (TPSA) is 35.8 Å². The van der Waals surface area contributed by atoms with Gasteiger partial charge < -0.3 is 5.32 Å². The highest BCUT2D eigenvalue weighted by atomic mass is 79.9. The number of hydrogen-bond acceptors (Lipinski definition) is 2. The molecule has 3 heteroatoms. The number of nitriles is 1. The smallest absolute Gasteiger partial charge is 0.0621 e. The van der Waals surface area contributed by atoms with Gasteiger partial charge in [-0.1, -0.05) is 29.8 Å². The highest BCUT2D eigenvalue weighted by Gasteiger charge is 2.17. The molecule has 1 aromatic carbocycles. The van der Waals surface area contributed by atoms with Gasteiger partial charge in [-0.2, -0.15) is 5.26 Å². The summed E-state index contributed by atoms with van der Waals surface area (Å²) in [6, 6.07) is 6.51. The van der Waals surface area contributed by atoms with Gasteiger partial charge in [0.2, 0.25) is 0 Å². The van der Waals surface area contributed by atoms with Crippen LogP contribution in [0.5, 0.6) is 0 Å². The van der Waals surface area contributed by atoms with Crippen molar-refractivity contribution in [3.8, 4) is 6.07 Å². The summed E-state index contributed by atoms with van der Waals surface area (Å²) in [4.78, 5) is 0. The maximum atomic E-state index is 8.64. The average molecular weight is 309 g/mol. The van der Waals surface area contributed by atoms with Gasteiger partial charge in [0.1, 0.15) is 0 Å². The van der Waals surface area contributed by atoms with Crippen molar-refractivity contribution in [1.82, 2.24) is 0 Å². The van der Waals surface area contributed by atoms with Crippen LogP contribution in [0.1, 0.15) is 37.8 Å². The molecule has 0 heterocycles. The highest BCUT2D eigenvalue weighted by Crippen LogP contribution is 2.27. The summed E-state index contributed by atoms with van der Waals surface area (Å²) < 4.78 is 1.18. The Labute approximate surface area is 119 Å². The van der Waals surface area contributed by atoms with Gasteiger partial charge in [0.05, 0.1) is 6.07 Å². The fourth-order valence-corrected chi connectivity index (χ4v) is 2.10. The molecule has 0 saturated heterocycles. The maximum Gasteiger partial charge on any atom is 0.0621 e. The normalized spacial score (nSPS) is 11.1. The zero-order chi connectivity index (χ0) is 13.8. The van der Waals surface area contributed by atoms with Crippen LogP contribution in [0, 0.1) is 30.6 Å². The van der Waals surface area contributed by atoms with Crippen molar-refractivity contribution in [1.29, 1.82) is 5.26 Å². The van der Waals surface area contributed by atoms with Crippen molar-refractivity contribution >= 4 is 21.6 Å². The summed E-state index contributed by atoms with van der Waals surface area (Å²) in [5, 5.41) is 12.1. The minimum atomic E-state index is 0.143. The molecule has 0 radical (unpaired) electrons. The summed E-state index contributed by atoms with van der Waals surface area (Å²) in [6.45, 7) is 9.47. The van der Waals surface area contributed by atoms with E-state index >= 15 is 0 Å². The second-order valence-corrected chi connectivity index (χ2v) is 6.39. The molecule has 1 rings (SSSR count). The lowest BCUT2D eigenvalue weighted by atomic mass is 9.88. The third-order valence-corrected chi connectivity index (χ3v) is 4.37. The molecule has 0 aliphatic rings. The zero-order valence-corrected chi connectivity index (χ0v) is 13.2. The van der Waals surface area contributed by atoms with E-state index in [4.69, 9.17) is 5.26 Å². The Morgan fingerprint density at radius 3 is 2.33 bits per heavy atom. The Balaban J connectivity index is 2.67. The number of halogens is 1. The van der Waals surface area contributed by atoms with Gasteiger partial charge in [0, 0.05) is 23.1 Å². The first-order valence-electron chi connectivity index (χ1n) is 6.23. The molecule has 0 aromatic heterocycles. The van der Waals surface area contributed by atoms with E-state index in [0.717, 1.165) is 18.7 Å². The fraction of sp³-hybridized carbons (Fsp3) is 0.533. The van der Waals surface area contributed by atoms with E-state index in [9.17, 15) is 0 Å². The number of aryl methyl sites for hydroxylation is 2. The number of benzene rings is 1. The molecule has 0 aliphatic carbocycles. The van der Waals surface area contributed by atoms with Crippen LogP contribution in [0.25, 0.3) is 0 Å². The number of nitrogens with one attached hydrogen (secondary N) is 1. The maximum absolute atomic E-state index is 8.64. The predicted molar refractivity (Wildman–Crippen MR) is 80.7 cm³/mol. The van der Waals surface area contributed by atoms with Crippen LogP contribution in [0.15, 0.2) is 16.6 Å². The second-order valence-electron chi connectivity index (χ2n) is 5.60. The van der Waals surface area contributed by atoms with Crippen molar-refractivity contribution < 1.29 is 0 Å². The molecule has 0 fully saturated rings. The number of anilines is 1. The molecule has 0 saturated carbocycles. The molecule has 98 valence electrons. The predicted octanol–water partition coefficient (Wildman–Crippen LogP) is 4.81. The lowest BCUT2D eigenvalue weighted by Crippen LogP contribution is -2.23. The Morgan fingerprint density at radius 1 is 1.28 bits per heavy atom. The number of hydrogen-bond donors (Lipinski definition) is 1. The largest absolute Gasteiger partial charge is 0.384 e. The Kier molecular flexibility index (Phi) is 5.22. The first kappa shape index (κ1) is 15.0. The third-order valence-electron chi connectivity index (χ3n) is 3.12. The van der Waals surface area contributed by atoms with Crippen LogP contribution in [0.4, 0.5) is 5.69 Å². The molecule has 0 spiro atoms. The van der Waals surface area contributed by atoms with Gasteiger partial charge in [0.15, 0.2) is 0 Å². The molecule has 0 amide bonds. The van der Waals surface area contributed by atoms with E-state index in [1.807, 2.05) is 0 Å². The summed E-state index contributed by atoms with van der Waals surface area (Å²) >= 11 is 3.57. The van der Waals surface area contributed by atoms with Crippen LogP contribution in [0.3, 0.4) is 0 Å². The number of rotatable bonds is 5. The van der Waals surface area contributed by atoms with Gasteiger partial charge in [-0.15, -0.1) is 0 Å². The van der Waals surface area contributed by atoms with Gasteiger partial charge >= 0.3 is 0 Å². The molecule has 0 aliphatic heterocycles. The van der Waals surface area contributed by atoms with Gasteiger partial charge in [-0.05, 0) is 48.9 Å². The molecular formula is C15H21BrN2. The monoisotopic (exact) mass is 308 g/mol. The molecule has 0 atom stereocenters. The van der Waals surface area contributed by atoms with E-state index < -0.39 is 0 Å². The third kappa shape index (κ3) is 4.34. The standard InChI is InChI=1S/C15H21BrN2/c1-11-8-13(9-12(2)14(11)16)18-10-15(3,4)6-5-7-17/h8-9,18H,5-6,10H2,1-4H3. The van der Waals surface area contributed by atoms with Crippen molar-refractivity contribution in [2.75, 3.05) is 11.9 Å². The second kappa shape index (κ2) is 6.24. The SMILES string of the molecule is Cc1cc(NCC(C)(C)CCC#N)cc(C)c1Br. The zero-order valence-electron chi connectivity index (χ0n) is 11.6. The Morgan fingerprint density at radius 2 is 1.83 bits per heavy atom. The molecular weight excluding hydrogens is 288 g/mol. The Hall–Kier alpha value is -1.01. The summed E-state index contributed by atoms with van der Waals surface area (Å²) in [5.41, 5.74) is 3.78. The fourth-order valence-electron chi connectivity index (χ4n) is 1.87. The van der Waals surface area contributed by atoms with E-state index in [0.29, 0.717) is 6.42 Å². The van der Waals surface area contributed by atoms with Crippen LogP contribution in [0.2, 0.25) is 0 Å². The molecule has 0 bridgehead atoms. The molecule has 1 aromatic rings. The Bertz CT molecular complexity index is 435. The van der Waals surface area contributed by atoms with Gasteiger partial charge in [-0.25, -0.2) is 0 Å². The van der Waals surface area contributed by atoms with Crippen LogP contribution >= 0.6 is 15.9 Å². The van der Waals surface area contributed by atoms with Crippen molar-refractivity contribution in [3.63, 3.8) is 0 Å². The van der Waals surface area contributed by atoms with E-state index in [1.165, 1.54) is 15.6 Å². The van der Waals surface area contributed by atoms with Crippen molar-refractivity contribution in [2.24, 2.45) is 5.41 Å². The minimum absolute atomic E-state index is 0.143. The molecule has 18 heavy (non-hydrogen) atoms. The minimum Gasteiger partial charge on any atom is -0.384 e. The van der Waals surface area contributed by atoms with Crippen LogP contribution < -0.4 is 5.32 Å². The van der Waals surface area contributed by atoms with Crippen molar-refractivity contribution in [3.05, 3.63) is 27.7 Å². The number of nitrogens with zero attached hydrogens (tertiary/aromatic N) is 1. The molecule has 1 N–H and O–H groups in total. The van der Waals surface area contributed by atoms with Gasteiger partial charge in [-0.3, -0.25) is 0 Å². The first-order chi connectivity index (χ1) is 8.35. The summed E-state index contributed by atoms with van der Waals surface area (Å²) in [6.07, 6.45) is 1.54. The summed E-state index contributed by atoms with van der Waals surface area (Å²) in [7, 11) is 0. The van der Waals surface area contributed by atoms with Crippen molar-refractivity contribution in [2.45, 2.75) is 40.5 Å². The van der Waals surface area contributed by atoms with Crippen LogP contribution in [-0.4, -0.2) is 6.54 Å². The average Bonchev–Trinajstić information content (AvgIpc) is 2.31. The molecule has 0 unspecified atom stereocenters. The highest BCUT2D eigenvalue weighted by molar-refractivity contribution is 9.10. The van der Waals surface area contributed by atoms with E-state index in [2.05, 4.69) is 67.1 Å². The van der Waals surface area contributed by atoms with Crippen LogP contribution in [-0.2, 0) is 0 Å². The lowest BCUT2D eigenvalue weighted by molar-refractivity contribution is 0.364. The van der Waals surface area contributed by atoms with Gasteiger partial charge in [0.25, 0.3) is 0 Å². The lowest BCUT2D eigenvalue weighted by Gasteiger charge is -2.24. The quantitative estimate of drug-likeness (QED) is 0.847. The summed E-state index contributed by atoms with van der Waals surface area (Å²) in [5.74, 6) is 0. The van der Waals surface area contributed by atoms with E-state index in [-0.39, 0.29) is 5.41 Å².